The monoisotopic (exact) mass is 496 g/mol. The van der Waals surface area contributed by atoms with E-state index >= 15 is 0 Å². The van der Waals surface area contributed by atoms with Gasteiger partial charge in [-0.3, -0.25) is 4.79 Å². The number of hydrogen-bond acceptors (Lipinski definition) is 9. The number of ether oxygens (including phenoxy) is 1. The quantitative estimate of drug-likeness (QED) is 0.315. The molecule has 4 aromatic rings. The van der Waals surface area contributed by atoms with Crippen molar-refractivity contribution in [1.82, 2.24) is 15.0 Å². The third-order valence-corrected chi connectivity index (χ3v) is 6.47. The average Bonchev–Trinajstić information content (AvgIpc) is 3.30. The number of sulfonamides is 1. The zero-order chi connectivity index (χ0) is 24.0. The molecular formula is C22H20N6O4S2. The van der Waals surface area contributed by atoms with Crippen molar-refractivity contribution in [2.45, 2.75) is 11.8 Å². The summed E-state index contributed by atoms with van der Waals surface area (Å²) < 4.78 is 32.6. The zero-order valence-electron chi connectivity index (χ0n) is 17.9. The number of amides is 1. The highest BCUT2D eigenvalue weighted by Gasteiger charge is 2.16. The molecule has 2 heterocycles. The molecular weight excluding hydrogens is 476 g/mol. The largest absolute Gasteiger partial charge is 0.494 e. The van der Waals surface area contributed by atoms with Crippen LogP contribution in [-0.2, 0) is 10.0 Å². The Kier molecular flexibility index (Phi) is 6.99. The van der Waals surface area contributed by atoms with Gasteiger partial charge in [-0.15, -0.1) is 11.3 Å². The lowest BCUT2D eigenvalue weighted by Crippen LogP contribution is -2.15. The summed E-state index contributed by atoms with van der Waals surface area (Å²) in [6.45, 7) is 2.51. The topological polar surface area (TPSA) is 135 Å². The van der Waals surface area contributed by atoms with Gasteiger partial charge >= 0.3 is 0 Å². The smallest absolute Gasteiger partial charge is 0.275 e. The average molecular weight is 497 g/mol. The van der Waals surface area contributed by atoms with E-state index in [0.717, 1.165) is 11.4 Å². The minimum atomic E-state index is -3.86. The molecule has 0 saturated heterocycles. The summed E-state index contributed by atoms with van der Waals surface area (Å²) >= 11 is 1.29. The molecule has 0 unspecified atom stereocenters. The number of rotatable bonds is 9. The van der Waals surface area contributed by atoms with Crippen molar-refractivity contribution in [3.8, 4) is 5.75 Å². The van der Waals surface area contributed by atoms with Gasteiger partial charge in [-0.25, -0.2) is 28.1 Å². The first-order chi connectivity index (χ1) is 16.4. The molecule has 174 valence electrons. The van der Waals surface area contributed by atoms with E-state index in [1.807, 2.05) is 31.2 Å². The Morgan fingerprint density at radius 3 is 2.35 bits per heavy atom. The molecule has 0 fully saturated rings. The van der Waals surface area contributed by atoms with Crippen LogP contribution in [0.3, 0.4) is 0 Å². The van der Waals surface area contributed by atoms with Gasteiger partial charge in [0.15, 0.2) is 5.13 Å². The molecule has 1 amide bonds. The summed E-state index contributed by atoms with van der Waals surface area (Å²) in [5, 5.41) is 8.04. The summed E-state index contributed by atoms with van der Waals surface area (Å²) in [5.74, 6) is 0.329. The maximum absolute atomic E-state index is 12.6. The van der Waals surface area contributed by atoms with Crippen LogP contribution in [0.4, 0.5) is 22.5 Å². The zero-order valence-corrected chi connectivity index (χ0v) is 19.6. The van der Waals surface area contributed by atoms with E-state index in [0.29, 0.717) is 17.4 Å². The van der Waals surface area contributed by atoms with Crippen LogP contribution < -0.4 is 20.1 Å². The van der Waals surface area contributed by atoms with Crippen molar-refractivity contribution in [2.75, 3.05) is 22.0 Å². The lowest BCUT2D eigenvalue weighted by atomic mass is 10.3. The highest BCUT2D eigenvalue weighted by atomic mass is 32.2. The lowest BCUT2D eigenvalue weighted by Gasteiger charge is -2.08. The predicted molar refractivity (Wildman–Crippen MR) is 130 cm³/mol. The summed E-state index contributed by atoms with van der Waals surface area (Å²) in [7, 11) is -3.86. The third kappa shape index (κ3) is 5.85. The van der Waals surface area contributed by atoms with E-state index in [1.54, 1.807) is 11.4 Å². The Morgan fingerprint density at radius 1 is 1.00 bits per heavy atom. The molecule has 2 aromatic heterocycles. The first-order valence-corrected chi connectivity index (χ1v) is 12.5. The van der Waals surface area contributed by atoms with E-state index in [4.69, 9.17) is 4.74 Å². The molecule has 0 aliphatic rings. The van der Waals surface area contributed by atoms with Crippen LogP contribution in [-0.4, -0.2) is 35.9 Å². The Balaban J connectivity index is 1.37. The Labute approximate surface area is 200 Å². The molecule has 0 atom stereocenters. The number of carbonyl (C=O) groups is 1. The van der Waals surface area contributed by atoms with Crippen molar-refractivity contribution >= 4 is 49.7 Å². The fraction of sp³-hybridized carbons (Fsp3) is 0.0909. The van der Waals surface area contributed by atoms with Gasteiger partial charge in [0.1, 0.15) is 11.4 Å². The fourth-order valence-corrected chi connectivity index (χ4v) is 4.47. The van der Waals surface area contributed by atoms with Crippen molar-refractivity contribution in [3.05, 3.63) is 78.1 Å². The highest BCUT2D eigenvalue weighted by molar-refractivity contribution is 7.92. The van der Waals surface area contributed by atoms with Crippen molar-refractivity contribution in [2.24, 2.45) is 0 Å². The molecule has 10 nitrogen and oxygen atoms in total. The molecule has 0 aliphatic heterocycles. The molecule has 0 aliphatic carbocycles. The van der Waals surface area contributed by atoms with Crippen LogP contribution in [0.5, 0.6) is 5.75 Å². The molecule has 34 heavy (non-hydrogen) atoms. The summed E-state index contributed by atoms with van der Waals surface area (Å²) in [5.41, 5.74) is 1.48. The fourth-order valence-electron chi connectivity index (χ4n) is 2.80. The van der Waals surface area contributed by atoms with Gasteiger partial charge in [0, 0.05) is 29.1 Å². The van der Waals surface area contributed by atoms with Gasteiger partial charge in [-0.2, -0.15) is 0 Å². The molecule has 0 spiro atoms. The number of anilines is 4. The number of carbonyl (C=O) groups excluding carboxylic acids is 1. The van der Waals surface area contributed by atoms with E-state index in [1.165, 1.54) is 48.0 Å². The number of nitrogens with zero attached hydrogens (tertiary/aromatic N) is 3. The first kappa shape index (κ1) is 23.1. The molecule has 0 bridgehead atoms. The van der Waals surface area contributed by atoms with E-state index in [-0.39, 0.29) is 16.5 Å². The second-order valence-corrected chi connectivity index (χ2v) is 9.32. The maximum Gasteiger partial charge on any atom is 0.275 e. The maximum atomic E-state index is 12.6. The van der Waals surface area contributed by atoms with Gasteiger partial charge in [0.25, 0.3) is 15.9 Å². The van der Waals surface area contributed by atoms with Crippen LogP contribution in [0, 0.1) is 0 Å². The van der Waals surface area contributed by atoms with Crippen molar-refractivity contribution in [1.29, 1.82) is 0 Å². The second-order valence-electron chi connectivity index (χ2n) is 6.78. The minimum absolute atomic E-state index is 0.00783. The number of nitrogens with one attached hydrogen (secondary N) is 3. The van der Waals surface area contributed by atoms with Crippen LogP contribution in [0.25, 0.3) is 0 Å². The van der Waals surface area contributed by atoms with Crippen LogP contribution in [0.15, 0.2) is 77.3 Å². The molecule has 3 N–H and O–H groups in total. The summed E-state index contributed by atoms with van der Waals surface area (Å²) in [6, 6.07) is 14.7. The molecule has 0 radical (unpaired) electrons. The van der Waals surface area contributed by atoms with Gasteiger partial charge in [-0.1, -0.05) is 0 Å². The first-order valence-electron chi connectivity index (χ1n) is 10.1. The molecule has 0 saturated carbocycles. The highest BCUT2D eigenvalue weighted by Crippen LogP contribution is 2.24. The standard InChI is InChI=1S/C22H20N6O4S2/c1-2-32-17-8-4-16(5-9-17)26-22-27-19(14-33-22)20(29)25-15-6-10-18(11-7-15)34(30,31)28-21-23-12-3-13-24-21/h3-14H,2H2,1H3,(H,25,29)(H,26,27)(H,23,24,28). The van der Waals surface area contributed by atoms with Crippen LogP contribution >= 0.6 is 11.3 Å². The van der Waals surface area contributed by atoms with Crippen molar-refractivity contribution in [3.63, 3.8) is 0 Å². The third-order valence-electron chi connectivity index (χ3n) is 4.37. The van der Waals surface area contributed by atoms with E-state index in [9.17, 15) is 13.2 Å². The molecule has 4 rings (SSSR count). The lowest BCUT2D eigenvalue weighted by molar-refractivity contribution is 0.102. The molecule has 2 aromatic carbocycles. The van der Waals surface area contributed by atoms with Crippen LogP contribution in [0.1, 0.15) is 17.4 Å². The van der Waals surface area contributed by atoms with Gasteiger partial charge in [-0.05, 0) is 61.5 Å². The number of aromatic nitrogens is 3. The van der Waals surface area contributed by atoms with Crippen molar-refractivity contribution < 1.29 is 17.9 Å². The van der Waals surface area contributed by atoms with Gasteiger partial charge in [0.2, 0.25) is 5.95 Å². The van der Waals surface area contributed by atoms with Gasteiger partial charge < -0.3 is 15.4 Å². The predicted octanol–water partition coefficient (Wildman–Crippen LogP) is 4.13. The Bertz CT molecular complexity index is 1360. The summed E-state index contributed by atoms with van der Waals surface area (Å²) in [4.78, 5) is 24.6. The second kappa shape index (κ2) is 10.3. The summed E-state index contributed by atoms with van der Waals surface area (Å²) in [6.07, 6.45) is 2.86. The van der Waals surface area contributed by atoms with E-state index < -0.39 is 15.9 Å². The van der Waals surface area contributed by atoms with Crippen LogP contribution in [0.2, 0.25) is 0 Å². The number of thiazole rings is 1. The minimum Gasteiger partial charge on any atom is -0.494 e. The molecule has 12 heteroatoms. The van der Waals surface area contributed by atoms with Gasteiger partial charge in [0.05, 0.1) is 11.5 Å². The Morgan fingerprint density at radius 2 is 1.68 bits per heavy atom. The number of benzene rings is 2. The Hall–Kier alpha value is -4.03. The SMILES string of the molecule is CCOc1ccc(Nc2nc(C(=O)Nc3ccc(S(=O)(=O)Nc4ncccn4)cc3)cs2)cc1. The number of hydrogen-bond donors (Lipinski definition) is 3. The van der Waals surface area contributed by atoms with E-state index in [2.05, 4.69) is 30.3 Å². The normalized spacial score (nSPS) is 11.0.